The predicted octanol–water partition coefficient (Wildman–Crippen LogP) is 0.640. The lowest BCUT2D eigenvalue weighted by atomic mass is 10.3. The highest BCUT2D eigenvalue weighted by molar-refractivity contribution is 8.00. The van der Waals surface area contributed by atoms with Gasteiger partial charge in [-0.15, -0.1) is 0 Å². The van der Waals surface area contributed by atoms with Gasteiger partial charge in [0.1, 0.15) is 6.04 Å². The number of thioether (sulfide) groups is 1. The van der Waals surface area contributed by atoms with Gasteiger partial charge in [-0.2, -0.15) is 11.8 Å². The molecule has 90 valence electrons. The molecule has 2 N–H and O–H groups in total. The Kier molecular flexibility index (Phi) is 7.82. The number of aliphatic hydroxyl groups excluding tert-OH is 1. The van der Waals surface area contributed by atoms with Crippen LogP contribution in [0, 0.1) is 0 Å². The van der Waals surface area contributed by atoms with Crippen LogP contribution < -0.4 is 5.32 Å². The van der Waals surface area contributed by atoms with Crippen molar-refractivity contribution in [2.24, 2.45) is 0 Å². The van der Waals surface area contributed by atoms with Crippen LogP contribution in [0.2, 0.25) is 0 Å². The lowest BCUT2D eigenvalue weighted by Gasteiger charge is -2.18. The molecule has 0 radical (unpaired) electrons. The molecule has 3 atom stereocenters. The highest BCUT2D eigenvalue weighted by Crippen LogP contribution is 2.15. The lowest BCUT2D eigenvalue weighted by molar-refractivity contribution is -0.144. The van der Waals surface area contributed by atoms with E-state index < -0.39 is 0 Å². The average Bonchev–Trinajstić information content (AvgIpc) is 2.18. The van der Waals surface area contributed by atoms with Gasteiger partial charge in [-0.05, 0) is 20.9 Å². The van der Waals surface area contributed by atoms with E-state index in [2.05, 4.69) is 5.32 Å². The maximum Gasteiger partial charge on any atom is 0.323 e. The number of carbonyl (C=O) groups excluding carboxylic acids is 1. The molecule has 0 heterocycles. The van der Waals surface area contributed by atoms with Gasteiger partial charge in [-0.1, -0.05) is 6.92 Å². The van der Waals surface area contributed by atoms with Gasteiger partial charge >= 0.3 is 5.97 Å². The van der Waals surface area contributed by atoms with Crippen LogP contribution >= 0.6 is 11.8 Å². The largest absolute Gasteiger partial charge is 0.465 e. The first kappa shape index (κ1) is 14.7. The minimum atomic E-state index is -0.366. The number of aliphatic hydroxyl groups is 1. The number of carbonyl (C=O) groups is 1. The van der Waals surface area contributed by atoms with Crippen molar-refractivity contribution in [2.75, 3.05) is 19.4 Å². The van der Waals surface area contributed by atoms with Crippen LogP contribution in [-0.2, 0) is 9.53 Å². The Hall–Kier alpha value is -0.260. The lowest BCUT2D eigenvalue weighted by Crippen LogP contribution is -2.38. The SMILES string of the molecule is CCOC(=O)C(CSC(C)C(C)O)NC. The third-order valence-electron chi connectivity index (χ3n) is 2.12. The van der Waals surface area contributed by atoms with Gasteiger partial charge in [0.2, 0.25) is 0 Å². The first-order valence-electron chi connectivity index (χ1n) is 5.16. The van der Waals surface area contributed by atoms with E-state index in [1.54, 1.807) is 32.7 Å². The molecule has 0 aromatic carbocycles. The monoisotopic (exact) mass is 235 g/mol. The summed E-state index contributed by atoms with van der Waals surface area (Å²) >= 11 is 1.56. The van der Waals surface area contributed by atoms with Crippen LogP contribution in [0.1, 0.15) is 20.8 Å². The fourth-order valence-corrected chi connectivity index (χ4v) is 1.98. The van der Waals surface area contributed by atoms with Gasteiger partial charge in [-0.25, -0.2) is 0 Å². The second kappa shape index (κ2) is 7.96. The van der Waals surface area contributed by atoms with Crippen LogP contribution in [0.25, 0.3) is 0 Å². The number of nitrogens with one attached hydrogen (secondary N) is 1. The first-order valence-corrected chi connectivity index (χ1v) is 6.21. The van der Waals surface area contributed by atoms with E-state index in [1.165, 1.54) is 0 Å². The molecule has 0 bridgehead atoms. The fraction of sp³-hybridized carbons (Fsp3) is 0.900. The summed E-state index contributed by atoms with van der Waals surface area (Å²) in [5.74, 6) is 0.381. The number of rotatable bonds is 7. The van der Waals surface area contributed by atoms with Crippen LogP contribution in [0.15, 0.2) is 0 Å². The minimum absolute atomic E-state index is 0.121. The molecule has 5 heteroatoms. The third-order valence-corrected chi connectivity index (χ3v) is 3.57. The normalized spacial score (nSPS) is 16.9. The maximum absolute atomic E-state index is 11.4. The van der Waals surface area contributed by atoms with Gasteiger partial charge in [-0.3, -0.25) is 4.79 Å². The van der Waals surface area contributed by atoms with Crippen molar-refractivity contribution in [3.8, 4) is 0 Å². The smallest absolute Gasteiger partial charge is 0.323 e. The average molecular weight is 235 g/mol. The van der Waals surface area contributed by atoms with Crippen molar-refractivity contribution in [2.45, 2.75) is 38.2 Å². The molecule has 0 saturated carbocycles. The van der Waals surface area contributed by atoms with Crippen LogP contribution in [0.3, 0.4) is 0 Å². The van der Waals surface area contributed by atoms with E-state index in [1.807, 2.05) is 6.92 Å². The summed E-state index contributed by atoms with van der Waals surface area (Å²) in [6.45, 7) is 5.87. The molecule has 0 fully saturated rings. The Morgan fingerprint density at radius 2 is 2.13 bits per heavy atom. The van der Waals surface area contributed by atoms with Crippen molar-refractivity contribution in [1.82, 2.24) is 5.32 Å². The van der Waals surface area contributed by atoms with Gasteiger partial charge in [0.15, 0.2) is 0 Å². The molecule has 0 aliphatic carbocycles. The third kappa shape index (κ3) is 6.02. The molecule has 0 saturated heterocycles. The van der Waals surface area contributed by atoms with Crippen molar-refractivity contribution in [3.05, 3.63) is 0 Å². The Balaban J connectivity index is 3.94. The van der Waals surface area contributed by atoms with E-state index in [0.717, 1.165) is 0 Å². The van der Waals surface area contributed by atoms with Crippen LogP contribution in [0.5, 0.6) is 0 Å². The Morgan fingerprint density at radius 3 is 2.53 bits per heavy atom. The summed E-state index contributed by atoms with van der Waals surface area (Å²) in [5, 5.41) is 12.3. The summed E-state index contributed by atoms with van der Waals surface area (Å²) in [4.78, 5) is 11.4. The number of hydrogen-bond acceptors (Lipinski definition) is 5. The quantitative estimate of drug-likeness (QED) is 0.634. The zero-order valence-electron chi connectivity index (χ0n) is 9.82. The summed E-state index contributed by atoms with van der Waals surface area (Å²) in [5.41, 5.74) is 0. The van der Waals surface area contributed by atoms with Crippen LogP contribution in [-0.4, -0.2) is 47.9 Å². The topological polar surface area (TPSA) is 58.6 Å². The Bertz CT molecular complexity index is 188. The summed E-state index contributed by atoms with van der Waals surface area (Å²) in [6.07, 6.45) is -0.366. The van der Waals surface area contributed by atoms with E-state index >= 15 is 0 Å². The summed E-state index contributed by atoms with van der Waals surface area (Å²) in [6, 6.07) is -0.295. The zero-order chi connectivity index (χ0) is 11.8. The zero-order valence-corrected chi connectivity index (χ0v) is 10.6. The minimum Gasteiger partial charge on any atom is -0.465 e. The van der Waals surface area contributed by atoms with Gasteiger partial charge in [0.25, 0.3) is 0 Å². The molecule has 0 rings (SSSR count). The molecule has 0 aliphatic heterocycles. The Morgan fingerprint density at radius 1 is 1.53 bits per heavy atom. The molecular weight excluding hydrogens is 214 g/mol. The number of esters is 1. The first-order chi connectivity index (χ1) is 7.02. The van der Waals surface area contributed by atoms with E-state index in [-0.39, 0.29) is 23.4 Å². The molecule has 3 unspecified atom stereocenters. The second-order valence-corrected chi connectivity index (χ2v) is 4.78. The molecule has 4 nitrogen and oxygen atoms in total. The van der Waals surface area contributed by atoms with Crippen molar-refractivity contribution >= 4 is 17.7 Å². The van der Waals surface area contributed by atoms with Gasteiger partial charge < -0.3 is 15.2 Å². The predicted molar refractivity (Wildman–Crippen MR) is 63.1 cm³/mol. The van der Waals surface area contributed by atoms with E-state index in [4.69, 9.17) is 4.74 Å². The molecule has 0 amide bonds. The maximum atomic E-state index is 11.4. The highest BCUT2D eigenvalue weighted by Gasteiger charge is 2.19. The molecular formula is C10H21NO3S. The van der Waals surface area contributed by atoms with Crippen molar-refractivity contribution < 1.29 is 14.6 Å². The highest BCUT2D eigenvalue weighted by atomic mass is 32.2. The van der Waals surface area contributed by atoms with Crippen molar-refractivity contribution in [1.29, 1.82) is 0 Å². The molecule has 0 aromatic heterocycles. The second-order valence-electron chi connectivity index (χ2n) is 3.37. The molecule has 15 heavy (non-hydrogen) atoms. The molecule has 0 aliphatic rings. The molecule has 0 aromatic rings. The Labute approximate surface area is 95.8 Å². The van der Waals surface area contributed by atoms with E-state index in [0.29, 0.717) is 12.4 Å². The van der Waals surface area contributed by atoms with E-state index in [9.17, 15) is 9.90 Å². The number of likely N-dealkylation sites (N-methyl/N-ethyl adjacent to an activating group) is 1. The van der Waals surface area contributed by atoms with Gasteiger partial charge in [0, 0.05) is 11.0 Å². The molecule has 0 spiro atoms. The fourth-order valence-electron chi connectivity index (χ4n) is 0.899. The summed E-state index contributed by atoms with van der Waals surface area (Å²) < 4.78 is 4.91. The van der Waals surface area contributed by atoms with Crippen LogP contribution in [0.4, 0.5) is 0 Å². The number of hydrogen-bond donors (Lipinski definition) is 2. The van der Waals surface area contributed by atoms with Gasteiger partial charge in [0.05, 0.1) is 12.7 Å². The number of ether oxygens (including phenoxy) is 1. The van der Waals surface area contributed by atoms with Crippen molar-refractivity contribution in [3.63, 3.8) is 0 Å². The summed E-state index contributed by atoms with van der Waals surface area (Å²) in [7, 11) is 1.73. The standard InChI is InChI=1S/C10H21NO3S/c1-5-14-10(13)9(11-4)6-15-8(3)7(2)12/h7-9,11-12H,5-6H2,1-4H3.